The average molecular weight is 399 g/mol. The third-order valence-corrected chi connectivity index (χ3v) is 5.02. The van der Waals surface area contributed by atoms with Crippen molar-refractivity contribution in [3.05, 3.63) is 84.2 Å². The van der Waals surface area contributed by atoms with E-state index in [0.29, 0.717) is 6.54 Å². The number of fused-ring (bicyclic) bond motifs is 1. The molecule has 3 aromatic carbocycles. The molecule has 3 N–H and O–H groups in total. The first-order valence-electron chi connectivity index (χ1n) is 10.2. The highest BCUT2D eigenvalue weighted by molar-refractivity contribution is 5.87. The Bertz CT molecular complexity index is 1130. The number of guanidine groups is 1. The number of nitrogens with one attached hydrogen (secondary N) is 3. The summed E-state index contributed by atoms with van der Waals surface area (Å²) in [6.45, 7) is 5.61. The molecular formula is C24H26N6. The number of rotatable bonds is 6. The van der Waals surface area contributed by atoms with E-state index in [1.165, 1.54) is 22.7 Å². The number of aromatic amines is 1. The van der Waals surface area contributed by atoms with Crippen LogP contribution in [0.2, 0.25) is 0 Å². The summed E-state index contributed by atoms with van der Waals surface area (Å²) in [7, 11) is 0. The highest BCUT2D eigenvalue weighted by Gasteiger charge is 2.11. The van der Waals surface area contributed by atoms with E-state index in [2.05, 4.69) is 94.3 Å². The van der Waals surface area contributed by atoms with Crippen LogP contribution in [0.25, 0.3) is 22.2 Å². The maximum Gasteiger partial charge on any atom is 0.192 e. The van der Waals surface area contributed by atoms with Crippen LogP contribution in [0.1, 0.15) is 31.0 Å². The first-order valence-corrected chi connectivity index (χ1v) is 10.2. The van der Waals surface area contributed by atoms with Crippen molar-refractivity contribution in [2.45, 2.75) is 26.4 Å². The minimum absolute atomic E-state index is 0.120. The second-order valence-corrected chi connectivity index (χ2v) is 7.16. The van der Waals surface area contributed by atoms with Gasteiger partial charge in [-0.15, -0.1) is 0 Å². The van der Waals surface area contributed by atoms with Crippen LogP contribution < -0.4 is 10.6 Å². The van der Waals surface area contributed by atoms with Crippen LogP contribution in [0.4, 0.5) is 0 Å². The minimum atomic E-state index is 0.120. The quantitative estimate of drug-likeness (QED) is 0.331. The van der Waals surface area contributed by atoms with Gasteiger partial charge in [-0.3, -0.25) is 5.10 Å². The molecule has 1 atom stereocenters. The van der Waals surface area contributed by atoms with E-state index in [4.69, 9.17) is 4.99 Å². The molecule has 1 unspecified atom stereocenters. The Kier molecular flexibility index (Phi) is 6.03. The van der Waals surface area contributed by atoms with Gasteiger partial charge >= 0.3 is 0 Å². The van der Waals surface area contributed by atoms with Crippen LogP contribution in [0.3, 0.4) is 0 Å². The first kappa shape index (κ1) is 19.6. The molecule has 30 heavy (non-hydrogen) atoms. The summed E-state index contributed by atoms with van der Waals surface area (Å²) < 4.78 is 0. The first-order chi connectivity index (χ1) is 14.7. The van der Waals surface area contributed by atoms with Gasteiger partial charge in [-0.1, -0.05) is 60.7 Å². The molecule has 0 amide bonds. The van der Waals surface area contributed by atoms with Crippen LogP contribution in [0.15, 0.2) is 78.0 Å². The Morgan fingerprint density at radius 3 is 2.73 bits per heavy atom. The lowest BCUT2D eigenvalue weighted by Crippen LogP contribution is -2.38. The van der Waals surface area contributed by atoms with Gasteiger partial charge in [0.1, 0.15) is 6.33 Å². The Morgan fingerprint density at radius 2 is 1.90 bits per heavy atom. The van der Waals surface area contributed by atoms with Crippen molar-refractivity contribution in [1.29, 1.82) is 0 Å². The number of nitrogens with zero attached hydrogens (tertiary/aromatic N) is 3. The number of aliphatic imine (C=N–C) groups is 1. The fraction of sp³-hybridized carbons (Fsp3) is 0.208. The second-order valence-electron chi connectivity index (χ2n) is 7.16. The van der Waals surface area contributed by atoms with Gasteiger partial charge in [-0.25, -0.2) is 9.98 Å². The Balaban J connectivity index is 1.52. The van der Waals surface area contributed by atoms with Crippen LogP contribution in [0, 0.1) is 0 Å². The summed E-state index contributed by atoms with van der Waals surface area (Å²) in [5, 5.41) is 16.2. The molecule has 6 nitrogen and oxygen atoms in total. The molecule has 1 aromatic heterocycles. The van der Waals surface area contributed by atoms with E-state index in [1.54, 1.807) is 0 Å². The molecular weight excluding hydrogens is 372 g/mol. The van der Waals surface area contributed by atoms with Crippen LogP contribution in [-0.4, -0.2) is 27.7 Å². The van der Waals surface area contributed by atoms with Crippen LogP contribution in [0.5, 0.6) is 0 Å². The maximum atomic E-state index is 4.80. The van der Waals surface area contributed by atoms with Crippen molar-refractivity contribution >= 4 is 16.7 Å². The van der Waals surface area contributed by atoms with E-state index in [9.17, 15) is 0 Å². The fourth-order valence-corrected chi connectivity index (χ4v) is 3.56. The Hall–Kier alpha value is -3.67. The largest absolute Gasteiger partial charge is 0.357 e. The molecule has 4 aromatic rings. The minimum Gasteiger partial charge on any atom is -0.357 e. The van der Waals surface area contributed by atoms with Crippen molar-refractivity contribution < 1.29 is 0 Å². The lowest BCUT2D eigenvalue weighted by molar-refractivity contribution is 0.691. The molecule has 0 radical (unpaired) electrons. The standard InChI is InChI=1S/C24H26N6/c1-3-25-24(26-15-18-8-6-11-20(14-18)23-27-16-28-30-23)29-17(2)21-13-7-10-19-9-4-5-12-22(19)21/h4-14,16-17H,3,15H2,1-2H3,(H2,25,26,29)(H,27,28,30). The SMILES string of the molecule is CCNC(=NCc1cccc(-c2ncn[nH]2)c1)NC(C)c1cccc2ccccc12. The zero-order chi connectivity index (χ0) is 20.8. The zero-order valence-corrected chi connectivity index (χ0v) is 17.3. The highest BCUT2D eigenvalue weighted by Crippen LogP contribution is 2.24. The maximum absolute atomic E-state index is 4.80. The average Bonchev–Trinajstić information content (AvgIpc) is 3.32. The van der Waals surface area contributed by atoms with Gasteiger partial charge in [-0.2, -0.15) is 5.10 Å². The van der Waals surface area contributed by atoms with Crippen LogP contribution in [-0.2, 0) is 6.54 Å². The van der Waals surface area contributed by atoms with E-state index in [1.807, 2.05) is 12.1 Å². The van der Waals surface area contributed by atoms with Crippen molar-refractivity contribution in [3.8, 4) is 11.4 Å². The fourth-order valence-electron chi connectivity index (χ4n) is 3.56. The number of hydrogen-bond acceptors (Lipinski definition) is 3. The van der Waals surface area contributed by atoms with Gasteiger partial charge in [0.25, 0.3) is 0 Å². The van der Waals surface area contributed by atoms with Crippen LogP contribution >= 0.6 is 0 Å². The molecule has 0 spiro atoms. The summed E-state index contributed by atoms with van der Waals surface area (Å²) in [6.07, 6.45) is 1.52. The zero-order valence-electron chi connectivity index (χ0n) is 17.3. The number of aromatic nitrogens is 3. The molecule has 4 rings (SSSR count). The lowest BCUT2D eigenvalue weighted by atomic mass is 10.00. The van der Waals surface area contributed by atoms with Gasteiger partial charge < -0.3 is 10.6 Å². The number of H-pyrrole nitrogens is 1. The number of benzene rings is 3. The molecule has 0 aliphatic heterocycles. The molecule has 0 fully saturated rings. The van der Waals surface area contributed by atoms with E-state index in [-0.39, 0.29) is 6.04 Å². The molecule has 0 saturated heterocycles. The summed E-state index contributed by atoms with van der Waals surface area (Å²) in [5.41, 5.74) is 3.37. The van der Waals surface area contributed by atoms with E-state index in [0.717, 1.165) is 29.5 Å². The molecule has 152 valence electrons. The van der Waals surface area contributed by atoms with Crippen molar-refractivity contribution in [2.75, 3.05) is 6.54 Å². The molecule has 0 aliphatic rings. The molecule has 0 aliphatic carbocycles. The third-order valence-electron chi connectivity index (χ3n) is 5.02. The molecule has 0 saturated carbocycles. The summed E-state index contributed by atoms with van der Waals surface area (Å²) in [5.74, 6) is 1.55. The van der Waals surface area contributed by atoms with Gasteiger partial charge in [0.15, 0.2) is 11.8 Å². The predicted octanol–water partition coefficient (Wildman–Crippen LogP) is 4.44. The highest BCUT2D eigenvalue weighted by atomic mass is 15.2. The van der Waals surface area contributed by atoms with E-state index >= 15 is 0 Å². The van der Waals surface area contributed by atoms with Crippen molar-refractivity contribution in [2.24, 2.45) is 4.99 Å². The molecule has 0 bridgehead atoms. The third kappa shape index (κ3) is 4.49. The monoisotopic (exact) mass is 398 g/mol. The molecule has 6 heteroatoms. The second kappa shape index (κ2) is 9.22. The Labute approximate surface area is 176 Å². The molecule has 1 heterocycles. The normalized spacial score (nSPS) is 12.7. The van der Waals surface area contributed by atoms with E-state index < -0.39 is 0 Å². The number of hydrogen-bond donors (Lipinski definition) is 3. The topological polar surface area (TPSA) is 78.0 Å². The summed E-state index contributed by atoms with van der Waals surface area (Å²) in [6, 6.07) is 23.2. The van der Waals surface area contributed by atoms with Gasteiger partial charge in [-0.05, 0) is 41.8 Å². The van der Waals surface area contributed by atoms with Gasteiger partial charge in [0, 0.05) is 12.1 Å². The van der Waals surface area contributed by atoms with Crippen molar-refractivity contribution in [1.82, 2.24) is 25.8 Å². The summed E-state index contributed by atoms with van der Waals surface area (Å²) >= 11 is 0. The van der Waals surface area contributed by atoms with Gasteiger partial charge in [0.2, 0.25) is 0 Å². The summed E-state index contributed by atoms with van der Waals surface area (Å²) in [4.78, 5) is 9.02. The predicted molar refractivity (Wildman–Crippen MR) is 122 cm³/mol. The van der Waals surface area contributed by atoms with Gasteiger partial charge in [0.05, 0.1) is 12.6 Å². The Morgan fingerprint density at radius 1 is 1.07 bits per heavy atom. The smallest absolute Gasteiger partial charge is 0.192 e. The lowest BCUT2D eigenvalue weighted by Gasteiger charge is -2.20. The van der Waals surface area contributed by atoms with Crippen molar-refractivity contribution in [3.63, 3.8) is 0 Å².